The van der Waals surface area contributed by atoms with Crippen LogP contribution in [0.4, 0.5) is 5.95 Å². The predicted octanol–water partition coefficient (Wildman–Crippen LogP) is 1.95. The first kappa shape index (κ1) is 15.3. The molecule has 3 aromatic heterocycles. The van der Waals surface area contributed by atoms with E-state index in [9.17, 15) is 0 Å². The van der Waals surface area contributed by atoms with Crippen LogP contribution in [0.15, 0.2) is 23.7 Å². The smallest absolute Gasteiger partial charge is 0.227 e. The van der Waals surface area contributed by atoms with E-state index in [4.69, 9.17) is 4.74 Å². The van der Waals surface area contributed by atoms with Gasteiger partial charge in [-0.3, -0.25) is 9.25 Å². The largest absolute Gasteiger partial charge is 0.383 e. The predicted molar refractivity (Wildman–Crippen MR) is 93.2 cm³/mol. The van der Waals surface area contributed by atoms with Gasteiger partial charge in [0.2, 0.25) is 5.95 Å². The van der Waals surface area contributed by atoms with E-state index in [2.05, 4.69) is 36.2 Å². The number of fused-ring (bicyclic) bond motifs is 1. The average Bonchev–Trinajstić information content (AvgIpc) is 3.30. The van der Waals surface area contributed by atoms with Crippen molar-refractivity contribution in [2.45, 2.75) is 19.5 Å². The Kier molecular flexibility index (Phi) is 4.07. The summed E-state index contributed by atoms with van der Waals surface area (Å²) in [5, 5.41) is 15.4. The Balaban J connectivity index is 1.70. The van der Waals surface area contributed by atoms with Crippen molar-refractivity contribution in [1.29, 1.82) is 0 Å². The molecule has 0 unspecified atom stereocenters. The maximum Gasteiger partial charge on any atom is 0.227 e. The van der Waals surface area contributed by atoms with Crippen molar-refractivity contribution in [3.05, 3.63) is 34.2 Å². The van der Waals surface area contributed by atoms with Crippen molar-refractivity contribution < 1.29 is 4.74 Å². The third-order valence-electron chi connectivity index (χ3n) is 4.39. The Morgan fingerprint density at radius 1 is 1.29 bits per heavy atom. The Labute approximate surface area is 144 Å². The molecular formula is C16H20N6OS. The molecule has 0 radical (unpaired) electrons. The molecule has 126 valence electrons. The average molecular weight is 344 g/mol. The van der Waals surface area contributed by atoms with Gasteiger partial charge in [0.25, 0.3) is 0 Å². The van der Waals surface area contributed by atoms with Gasteiger partial charge in [0, 0.05) is 38.3 Å². The van der Waals surface area contributed by atoms with Crippen molar-refractivity contribution >= 4 is 17.3 Å². The van der Waals surface area contributed by atoms with E-state index in [1.54, 1.807) is 13.3 Å². The number of thiophene rings is 1. The molecule has 1 aliphatic rings. The third-order valence-corrected chi connectivity index (χ3v) is 5.41. The Bertz CT molecular complexity index is 835. The first-order valence-corrected chi connectivity index (χ1v) is 8.86. The fourth-order valence-corrected chi connectivity index (χ4v) is 4.01. The molecule has 0 N–H and O–H groups in total. The Morgan fingerprint density at radius 3 is 3.00 bits per heavy atom. The van der Waals surface area contributed by atoms with Crippen LogP contribution in [0, 0.1) is 0 Å². The van der Waals surface area contributed by atoms with Crippen LogP contribution in [-0.4, -0.2) is 44.8 Å². The normalized spacial score (nSPS) is 14.2. The molecule has 0 aliphatic carbocycles. The van der Waals surface area contributed by atoms with Gasteiger partial charge in [-0.15, -0.1) is 21.5 Å². The number of hydrogen-bond acceptors (Lipinski definition) is 6. The van der Waals surface area contributed by atoms with Gasteiger partial charge >= 0.3 is 0 Å². The van der Waals surface area contributed by atoms with Crippen LogP contribution in [0.3, 0.4) is 0 Å². The van der Waals surface area contributed by atoms with Crippen LogP contribution >= 0.6 is 11.3 Å². The summed E-state index contributed by atoms with van der Waals surface area (Å²) in [5.41, 5.74) is 2.35. The van der Waals surface area contributed by atoms with Gasteiger partial charge in [-0.2, -0.15) is 5.10 Å². The minimum Gasteiger partial charge on any atom is -0.383 e. The van der Waals surface area contributed by atoms with Gasteiger partial charge in [-0.05, 0) is 29.5 Å². The summed E-state index contributed by atoms with van der Waals surface area (Å²) in [4.78, 5) is 3.79. The van der Waals surface area contributed by atoms with Crippen molar-refractivity contribution in [3.8, 4) is 11.5 Å². The minimum absolute atomic E-state index is 0.618. The fraction of sp³-hybridized carbons (Fsp3) is 0.438. The molecule has 0 saturated carbocycles. The lowest BCUT2D eigenvalue weighted by atomic mass is 10.1. The molecule has 0 aromatic carbocycles. The molecule has 0 bridgehead atoms. The highest BCUT2D eigenvalue weighted by molar-refractivity contribution is 7.10. The van der Waals surface area contributed by atoms with Crippen molar-refractivity contribution in [2.24, 2.45) is 7.05 Å². The second-order valence-corrected chi connectivity index (χ2v) is 6.85. The van der Waals surface area contributed by atoms with Crippen LogP contribution < -0.4 is 4.90 Å². The quantitative estimate of drug-likeness (QED) is 0.708. The molecule has 0 saturated heterocycles. The standard InChI is InChI=1S/C16H20N6OS/c1-20-13(3-6-17-20)15-18-19-16(22(15)8-9-23-2)21-7-4-14-12(11-21)5-10-24-14/h3,5-6,10H,4,7-9,11H2,1-2H3. The summed E-state index contributed by atoms with van der Waals surface area (Å²) in [7, 11) is 3.63. The minimum atomic E-state index is 0.618. The van der Waals surface area contributed by atoms with Gasteiger partial charge in [0.05, 0.1) is 13.2 Å². The van der Waals surface area contributed by atoms with E-state index in [0.717, 1.165) is 37.0 Å². The van der Waals surface area contributed by atoms with Crippen molar-refractivity contribution in [3.63, 3.8) is 0 Å². The molecule has 3 aromatic rings. The number of nitrogens with zero attached hydrogens (tertiary/aromatic N) is 6. The Hall–Kier alpha value is -2.19. The molecule has 0 amide bonds. The molecule has 0 fully saturated rings. The van der Waals surface area contributed by atoms with E-state index < -0.39 is 0 Å². The van der Waals surface area contributed by atoms with Crippen LogP contribution in [0.2, 0.25) is 0 Å². The highest BCUT2D eigenvalue weighted by Crippen LogP contribution is 2.29. The highest BCUT2D eigenvalue weighted by atomic mass is 32.1. The SMILES string of the molecule is COCCn1c(-c2ccnn2C)nnc1N1CCc2sccc2C1. The summed E-state index contributed by atoms with van der Waals surface area (Å²) in [6.45, 7) is 3.18. The first-order chi connectivity index (χ1) is 11.8. The van der Waals surface area contributed by atoms with Crippen molar-refractivity contribution in [2.75, 3.05) is 25.2 Å². The summed E-state index contributed by atoms with van der Waals surface area (Å²) in [6, 6.07) is 4.17. The van der Waals surface area contributed by atoms with E-state index in [0.29, 0.717) is 13.2 Å². The first-order valence-electron chi connectivity index (χ1n) is 7.98. The zero-order valence-electron chi connectivity index (χ0n) is 13.8. The maximum atomic E-state index is 5.29. The second kappa shape index (κ2) is 6.37. The topological polar surface area (TPSA) is 61.0 Å². The summed E-state index contributed by atoms with van der Waals surface area (Å²) in [6.07, 6.45) is 2.84. The lowest BCUT2D eigenvalue weighted by Crippen LogP contribution is -2.32. The monoisotopic (exact) mass is 344 g/mol. The molecule has 0 spiro atoms. The number of anilines is 1. The fourth-order valence-electron chi connectivity index (χ4n) is 3.12. The molecule has 24 heavy (non-hydrogen) atoms. The summed E-state index contributed by atoms with van der Waals surface area (Å²) < 4.78 is 9.25. The zero-order valence-corrected chi connectivity index (χ0v) is 14.7. The number of hydrogen-bond donors (Lipinski definition) is 0. The number of aryl methyl sites for hydroxylation is 1. The molecule has 1 aliphatic heterocycles. The molecular weight excluding hydrogens is 324 g/mol. The van der Waals surface area contributed by atoms with Gasteiger partial charge in [0.15, 0.2) is 5.82 Å². The molecule has 8 heteroatoms. The third kappa shape index (κ3) is 2.61. The van der Waals surface area contributed by atoms with E-state index in [1.807, 2.05) is 29.1 Å². The molecule has 0 atom stereocenters. The van der Waals surface area contributed by atoms with Crippen LogP contribution in [0.5, 0.6) is 0 Å². The second-order valence-electron chi connectivity index (χ2n) is 5.85. The van der Waals surface area contributed by atoms with Gasteiger partial charge in [-0.1, -0.05) is 0 Å². The van der Waals surface area contributed by atoms with E-state index >= 15 is 0 Å². The lowest BCUT2D eigenvalue weighted by molar-refractivity contribution is 0.187. The van der Waals surface area contributed by atoms with Gasteiger partial charge in [-0.25, -0.2) is 0 Å². The summed E-state index contributed by atoms with van der Waals surface area (Å²) >= 11 is 1.84. The van der Waals surface area contributed by atoms with Crippen LogP contribution in [0.1, 0.15) is 10.4 Å². The lowest BCUT2D eigenvalue weighted by Gasteiger charge is -2.28. The summed E-state index contributed by atoms with van der Waals surface area (Å²) in [5.74, 6) is 1.73. The maximum absolute atomic E-state index is 5.29. The van der Waals surface area contributed by atoms with E-state index in [-0.39, 0.29) is 0 Å². The molecule has 4 rings (SSSR count). The van der Waals surface area contributed by atoms with Gasteiger partial charge in [0.1, 0.15) is 5.69 Å². The Morgan fingerprint density at radius 2 is 2.21 bits per heavy atom. The number of ether oxygens (including phenoxy) is 1. The number of aromatic nitrogens is 5. The zero-order chi connectivity index (χ0) is 16.5. The van der Waals surface area contributed by atoms with Crippen LogP contribution in [-0.2, 0) is 31.3 Å². The van der Waals surface area contributed by atoms with Gasteiger partial charge < -0.3 is 9.64 Å². The molecule has 4 heterocycles. The number of methoxy groups -OCH3 is 1. The molecule has 7 nitrogen and oxygen atoms in total. The highest BCUT2D eigenvalue weighted by Gasteiger charge is 2.24. The number of rotatable bonds is 5. The van der Waals surface area contributed by atoms with Crippen molar-refractivity contribution in [1.82, 2.24) is 24.5 Å². The van der Waals surface area contributed by atoms with E-state index in [1.165, 1.54) is 10.4 Å². The van der Waals surface area contributed by atoms with Crippen LogP contribution in [0.25, 0.3) is 11.5 Å².